The van der Waals surface area contributed by atoms with Crippen molar-refractivity contribution in [2.45, 2.75) is 30.8 Å². The van der Waals surface area contributed by atoms with Crippen LogP contribution in [0.15, 0.2) is 22.5 Å². The number of nitrogens with zero attached hydrogens (tertiary/aromatic N) is 2. The molecule has 1 aliphatic rings. The fourth-order valence-electron chi connectivity index (χ4n) is 3.11. The molecule has 1 N–H and O–H groups in total. The summed E-state index contributed by atoms with van der Waals surface area (Å²) in [6, 6.07) is 5.65. The van der Waals surface area contributed by atoms with Crippen LogP contribution in [-0.4, -0.2) is 59.7 Å². The van der Waals surface area contributed by atoms with Crippen LogP contribution in [0.2, 0.25) is 10.0 Å². The fourth-order valence-corrected chi connectivity index (χ4v) is 5.35. The number of ether oxygens (including phenoxy) is 1. The minimum Gasteiger partial charge on any atom is -0.374 e. The quantitative estimate of drug-likeness (QED) is 0.405. The van der Waals surface area contributed by atoms with Crippen molar-refractivity contribution in [2.75, 3.05) is 32.0 Å². The molecule has 1 saturated heterocycles. The molecule has 6 nitrogen and oxygen atoms in total. The molecule has 1 fully saturated rings. The molecule has 11 heteroatoms. The van der Waals surface area contributed by atoms with E-state index in [4.69, 9.17) is 27.9 Å². The summed E-state index contributed by atoms with van der Waals surface area (Å²) in [7, 11) is 0. The monoisotopic (exact) mass is 523 g/mol. The molecule has 0 saturated carbocycles. The predicted molar refractivity (Wildman–Crippen MR) is 129 cm³/mol. The Labute approximate surface area is 206 Å². The van der Waals surface area contributed by atoms with Gasteiger partial charge >= 0.3 is 0 Å². The molecule has 1 aromatic heterocycles. The fraction of sp³-hybridized carbons (Fsp3) is 0.450. The van der Waals surface area contributed by atoms with Crippen molar-refractivity contribution in [3.63, 3.8) is 0 Å². The SMILES string of the molecule is CC(=O)c1sc(SCC(=O)NCC2CN(Cc3ccc(Cl)c(Cl)c3)CCO2)nc1C.Cl. The third-order valence-corrected chi connectivity index (χ3v) is 7.70. The normalized spacial score (nSPS) is 16.6. The zero-order valence-corrected chi connectivity index (χ0v) is 21.1. The molecule has 1 amide bonds. The molecule has 170 valence electrons. The number of ketones is 1. The molecule has 2 aromatic rings. The zero-order valence-electron chi connectivity index (χ0n) is 17.2. The maximum absolute atomic E-state index is 12.2. The molecule has 0 aliphatic carbocycles. The molecule has 0 spiro atoms. The molecule has 3 rings (SSSR count). The van der Waals surface area contributed by atoms with Crippen molar-refractivity contribution in [3.05, 3.63) is 44.4 Å². The van der Waals surface area contributed by atoms with Crippen molar-refractivity contribution >= 4 is 70.4 Å². The number of nitrogens with one attached hydrogen (secondary N) is 1. The van der Waals surface area contributed by atoms with Crippen LogP contribution in [0.3, 0.4) is 0 Å². The number of halogens is 3. The Morgan fingerprint density at radius 3 is 2.81 bits per heavy atom. The minimum atomic E-state index is -0.0811. The van der Waals surface area contributed by atoms with Gasteiger partial charge in [0.1, 0.15) is 0 Å². The zero-order chi connectivity index (χ0) is 21.7. The summed E-state index contributed by atoms with van der Waals surface area (Å²) in [4.78, 5) is 31.0. The first-order valence-electron chi connectivity index (χ1n) is 9.47. The van der Waals surface area contributed by atoms with E-state index in [9.17, 15) is 9.59 Å². The number of aryl methyl sites for hydroxylation is 1. The van der Waals surface area contributed by atoms with Crippen LogP contribution in [0.5, 0.6) is 0 Å². The van der Waals surface area contributed by atoms with Crippen molar-refractivity contribution in [3.8, 4) is 0 Å². The molecular formula is C20H24Cl3N3O3S2. The molecule has 0 radical (unpaired) electrons. The van der Waals surface area contributed by atoms with Gasteiger partial charge in [0, 0.05) is 33.1 Å². The Kier molecular flexibility index (Phi) is 10.5. The number of hydrogen-bond acceptors (Lipinski definition) is 7. The summed E-state index contributed by atoms with van der Waals surface area (Å²) in [6.07, 6.45) is -0.0677. The molecule has 31 heavy (non-hydrogen) atoms. The van der Waals surface area contributed by atoms with Gasteiger partial charge in [0.25, 0.3) is 0 Å². The van der Waals surface area contributed by atoms with Crippen LogP contribution in [0.1, 0.15) is 27.9 Å². The van der Waals surface area contributed by atoms with Gasteiger partial charge in [-0.2, -0.15) is 0 Å². The Balaban J connectivity index is 0.00000341. The summed E-state index contributed by atoms with van der Waals surface area (Å²) in [5.41, 5.74) is 1.81. The standard InChI is InChI=1S/C20H23Cl2N3O3S2.ClH/c1-12-19(13(2)26)30-20(24-12)29-11-18(27)23-8-15-10-25(5-6-28-15)9-14-3-4-16(21)17(22)7-14;/h3-4,7,15H,5-6,8-11H2,1-2H3,(H,23,27);1H. The summed E-state index contributed by atoms with van der Waals surface area (Å²) in [6.45, 7) is 6.69. The molecule has 1 atom stereocenters. The molecule has 2 heterocycles. The first-order chi connectivity index (χ1) is 14.3. The number of hydrogen-bond donors (Lipinski definition) is 1. The van der Waals surface area contributed by atoms with E-state index in [2.05, 4.69) is 15.2 Å². The third-order valence-electron chi connectivity index (χ3n) is 4.56. The summed E-state index contributed by atoms with van der Waals surface area (Å²) >= 11 is 14.8. The number of carbonyl (C=O) groups is 2. The molecule has 1 unspecified atom stereocenters. The second-order valence-corrected chi connectivity index (χ2v) is 10.1. The maximum atomic E-state index is 12.2. The van der Waals surface area contributed by atoms with Gasteiger partial charge in [-0.1, -0.05) is 41.0 Å². The summed E-state index contributed by atoms with van der Waals surface area (Å²) in [5, 5.41) is 4.03. The van der Waals surface area contributed by atoms with E-state index in [1.54, 1.807) is 6.07 Å². The largest absolute Gasteiger partial charge is 0.374 e. The molecular weight excluding hydrogens is 501 g/mol. The van der Waals surface area contributed by atoms with Crippen molar-refractivity contribution in [1.29, 1.82) is 0 Å². The number of morpholine rings is 1. The average molecular weight is 525 g/mol. The van der Waals surface area contributed by atoms with Crippen molar-refractivity contribution in [1.82, 2.24) is 15.2 Å². The predicted octanol–water partition coefficient (Wildman–Crippen LogP) is 4.49. The van der Waals surface area contributed by atoms with E-state index in [1.807, 2.05) is 19.1 Å². The topological polar surface area (TPSA) is 71.5 Å². The smallest absolute Gasteiger partial charge is 0.230 e. The van der Waals surface area contributed by atoms with Crippen molar-refractivity contribution < 1.29 is 14.3 Å². The Bertz CT molecular complexity index is 926. The number of Topliss-reactive ketones (excluding diaryl/α,β-unsaturated/α-hetero) is 1. The number of thioether (sulfide) groups is 1. The number of thiazole rings is 1. The number of aromatic nitrogens is 1. The lowest BCUT2D eigenvalue weighted by molar-refractivity contribution is -0.119. The second-order valence-electron chi connectivity index (χ2n) is 7.02. The van der Waals surface area contributed by atoms with Gasteiger partial charge in [-0.05, 0) is 24.6 Å². The van der Waals surface area contributed by atoms with E-state index in [0.29, 0.717) is 33.8 Å². The highest BCUT2D eigenvalue weighted by Gasteiger charge is 2.21. The minimum absolute atomic E-state index is 0. The highest BCUT2D eigenvalue weighted by Crippen LogP contribution is 2.27. The van der Waals surface area contributed by atoms with Crippen LogP contribution in [0, 0.1) is 6.92 Å². The first-order valence-corrected chi connectivity index (χ1v) is 12.0. The molecule has 1 aromatic carbocycles. The number of carbonyl (C=O) groups excluding carboxylic acids is 2. The van der Waals surface area contributed by atoms with Gasteiger partial charge in [0.05, 0.1) is 39.1 Å². The van der Waals surface area contributed by atoms with E-state index >= 15 is 0 Å². The lowest BCUT2D eigenvalue weighted by Crippen LogP contribution is -2.47. The Morgan fingerprint density at radius 1 is 1.35 bits per heavy atom. The van der Waals surface area contributed by atoms with Crippen LogP contribution >= 0.6 is 58.7 Å². The van der Waals surface area contributed by atoms with Crippen LogP contribution < -0.4 is 5.32 Å². The summed E-state index contributed by atoms with van der Waals surface area (Å²) < 4.78 is 6.52. The lowest BCUT2D eigenvalue weighted by atomic mass is 10.2. The number of rotatable bonds is 8. The highest BCUT2D eigenvalue weighted by molar-refractivity contribution is 8.01. The maximum Gasteiger partial charge on any atom is 0.230 e. The van der Waals surface area contributed by atoms with E-state index in [-0.39, 0.29) is 36.0 Å². The Hall–Kier alpha value is -0.870. The highest BCUT2D eigenvalue weighted by atomic mass is 35.5. The molecule has 1 aliphatic heterocycles. The van der Waals surface area contributed by atoms with Crippen LogP contribution in [-0.2, 0) is 16.1 Å². The average Bonchev–Trinajstić information content (AvgIpc) is 3.09. The van der Waals surface area contributed by atoms with Gasteiger partial charge in [0.2, 0.25) is 5.91 Å². The van der Waals surface area contributed by atoms with Crippen LogP contribution in [0.4, 0.5) is 0 Å². The van der Waals surface area contributed by atoms with Gasteiger partial charge in [0.15, 0.2) is 10.1 Å². The van der Waals surface area contributed by atoms with Gasteiger partial charge < -0.3 is 10.1 Å². The van der Waals surface area contributed by atoms with E-state index < -0.39 is 0 Å². The van der Waals surface area contributed by atoms with E-state index in [0.717, 1.165) is 29.5 Å². The van der Waals surface area contributed by atoms with Gasteiger partial charge in [-0.25, -0.2) is 4.98 Å². The Morgan fingerprint density at radius 2 is 2.13 bits per heavy atom. The number of amides is 1. The first kappa shape index (κ1) is 26.4. The van der Waals surface area contributed by atoms with E-state index in [1.165, 1.54) is 30.0 Å². The summed E-state index contributed by atoms with van der Waals surface area (Å²) in [5.74, 6) is 0.174. The third kappa shape index (κ3) is 7.89. The number of benzene rings is 1. The second kappa shape index (κ2) is 12.4. The van der Waals surface area contributed by atoms with Gasteiger partial charge in [-0.15, -0.1) is 23.7 Å². The van der Waals surface area contributed by atoms with Gasteiger partial charge in [-0.3, -0.25) is 14.5 Å². The van der Waals surface area contributed by atoms with Crippen molar-refractivity contribution in [2.24, 2.45) is 0 Å². The van der Waals surface area contributed by atoms with Crippen LogP contribution in [0.25, 0.3) is 0 Å². The molecule has 0 bridgehead atoms. The lowest BCUT2D eigenvalue weighted by Gasteiger charge is -2.33.